The Balaban J connectivity index is 0.00000385. The van der Waals surface area contributed by atoms with Gasteiger partial charge < -0.3 is 29.6 Å². The predicted octanol–water partition coefficient (Wildman–Crippen LogP) is 2.90. The maximum atomic E-state index is 5.95. The number of ether oxygens (including phenoxy) is 4. The molecule has 0 amide bonds. The molecule has 8 nitrogen and oxygen atoms in total. The van der Waals surface area contributed by atoms with Crippen molar-refractivity contribution in [2.24, 2.45) is 4.99 Å². The van der Waals surface area contributed by atoms with Gasteiger partial charge in [0.25, 0.3) is 0 Å². The Morgan fingerprint density at radius 3 is 2.33 bits per heavy atom. The summed E-state index contributed by atoms with van der Waals surface area (Å²) in [4.78, 5) is 6.67. The first-order valence-electron chi connectivity index (χ1n) is 10.9. The Labute approximate surface area is 213 Å². The van der Waals surface area contributed by atoms with Crippen molar-refractivity contribution in [1.29, 1.82) is 0 Å². The SMILES string of the molecule is CN=C(NCc1cccc(OCCN2CCOCC2)c1)NCc1ccc(OC)c(OC)c1.I. The Bertz CT molecular complexity index is 875. The monoisotopic (exact) mass is 570 g/mol. The second-order valence-corrected chi connectivity index (χ2v) is 7.42. The first-order chi connectivity index (χ1) is 15.7. The molecule has 9 heteroatoms. The Morgan fingerprint density at radius 1 is 0.970 bits per heavy atom. The van der Waals surface area contributed by atoms with Crippen molar-refractivity contribution in [3.63, 3.8) is 0 Å². The molecule has 1 aliphatic rings. The molecule has 0 radical (unpaired) electrons. The van der Waals surface area contributed by atoms with Gasteiger partial charge in [0.05, 0.1) is 27.4 Å². The lowest BCUT2D eigenvalue weighted by atomic mass is 10.2. The van der Waals surface area contributed by atoms with Crippen LogP contribution in [-0.2, 0) is 17.8 Å². The van der Waals surface area contributed by atoms with Gasteiger partial charge in [0.1, 0.15) is 12.4 Å². The molecule has 2 aromatic carbocycles. The lowest BCUT2D eigenvalue weighted by Gasteiger charge is -2.26. The van der Waals surface area contributed by atoms with E-state index in [4.69, 9.17) is 18.9 Å². The van der Waals surface area contributed by atoms with Crippen molar-refractivity contribution in [1.82, 2.24) is 15.5 Å². The van der Waals surface area contributed by atoms with E-state index < -0.39 is 0 Å². The number of morpholine rings is 1. The maximum absolute atomic E-state index is 5.95. The van der Waals surface area contributed by atoms with Crippen LogP contribution in [0.5, 0.6) is 17.2 Å². The molecule has 2 aromatic rings. The molecular formula is C24H35IN4O4. The molecule has 0 aromatic heterocycles. The molecule has 0 atom stereocenters. The summed E-state index contributed by atoms with van der Waals surface area (Å²) in [7, 11) is 5.02. The zero-order valence-electron chi connectivity index (χ0n) is 19.6. The van der Waals surface area contributed by atoms with Crippen LogP contribution in [0.2, 0.25) is 0 Å². The molecule has 1 saturated heterocycles. The lowest BCUT2D eigenvalue weighted by molar-refractivity contribution is 0.0322. The predicted molar refractivity (Wildman–Crippen MR) is 141 cm³/mol. The van der Waals surface area contributed by atoms with Crippen molar-refractivity contribution < 1.29 is 18.9 Å². The van der Waals surface area contributed by atoms with E-state index in [0.717, 1.165) is 55.7 Å². The number of aliphatic imine (C=N–C) groups is 1. The van der Waals surface area contributed by atoms with Crippen molar-refractivity contribution >= 4 is 29.9 Å². The summed E-state index contributed by atoms with van der Waals surface area (Å²) in [6.07, 6.45) is 0. The molecule has 0 aliphatic carbocycles. The molecule has 3 rings (SSSR count). The van der Waals surface area contributed by atoms with Gasteiger partial charge in [-0.1, -0.05) is 18.2 Å². The molecule has 1 heterocycles. The number of halogens is 1. The first kappa shape index (κ1) is 27.0. The van der Waals surface area contributed by atoms with Crippen LogP contribution < -0.4 is 24.8 Å². The number of hydrogen-bond donors (Lipinski definition) is 2. The highest BCUT2D eigenvalue weighted by Crippen LogP contribution is 2.27. The van der Waals surface area contributed by atoms with Crippen molar-refractivity contribution in [2.45, 2.75) is 13.1 Å². The van der Waals surface area contributed by atoms with E-state index in [1.807, 2.05) is 30.3 Å². The van der Waals surface area contributed by atoms with Crippen LogP contribution in [0, 0.1) is 0 Å². The molecule has 1 aliphatic heterocycles. The second kappa shape index (κ2) is 14.8. The zero-order chi connectivity index (χ0) is 22.6. The molecule has 182 valence electrons. The van der Waals surface area contributed by atoms with Gasteiger partial charge in [0.2, 0.25) is 0 Å². The van der Waals surface area contributed by atoms with Gasteiger partial charge in [-0.15, -0.1) is 24.0 Å². The lowest BCUT2D eigenvalue weighted by Crippen LogP contribution is -2.38. The summed E-state index contributed by atoms with van der Waals surface area (Å²) in [5.74, 6) is 3.02. The Morgan fingerprint density at radius 2 is 1.67 bits per heavy atom. The fraction of sp³-hybridized carbons (Fsp3) is 0.458. The minimum absolute atomic E-state index is 0. The van der Waals surface area contributed by atoms with E-state index in [1.165, 1.54) is 0 Å². The topological polar surface area (TPSA) is 76.6 Å². The highest BCUT2D eigenvalue weighted by atomic mass is 127. The molecule has 1 fully saturated rings. The summed E-state index contributed by atoms with van der Waals surface area (Å²) >= 11 is 0. The third kappa shape index (κ3) is 8.90. The summed E-state index contributed by atoms with van der Waals surface area (Å²) in [6, 6.07) is 14.0. The fourth-order valence-electron chi connectivity index (χ4n) is 3.45. The van der Waals surface area contributed by atoms with Gasteiger partial charge >= 0.3 is 0 Å². The number of methoxy groups -OCH3 is 2. The quantitative estimate of drug-likeness (QED) is 0.259. The number of hydrogen-bond acceptors (Lipinski definition) is 6. The number of nitrogens with one attached hydrogen (secondary N) is 2. The van der Waals surface area contributed by atoms with Crippen LogP contribution in [0.3, 0.4) is 0 Å². The molecule has 2 N–H and O–H groups in total. The highest BCUT2D eigenvalue weighted by molar-refractivity contribution is 14.0. The summed E-state index contributed by atoms with van der Waals surface area (Å²) in [6.45, 7) is 6.41. The normalized spacial score (nSPS) is 14.2. The number of guanidine groups is 1. The van der Waals surface area contributed by atoms with Gasteiger partial charge in [0.15, 0.2) is 17.5 Å². The minimum Gasteiger partial charge on any atom is -0.493 e. The van der Waals surface area contributed by atoms with Gasteiger partial charge in [-0.25, -0.2) is 0 Å². The van der Waals surface area contributed by atoms with Crippen LogP contribution in [0.25, 0.3) is 0 Å². The zero-order valence-corrected chi connectivity index (χ0v) is 22.0. The van der Waals surface area contributed by atoms with Gasteiger partial charge in [-0.2, -0.15) is 0 Å². The van der Waals surface area contributed by atoms with Gasteiger partial charge in [-0.05, 0) is 35.4 Å². The molecule has 0 spiro atoms. The summed E-state index contributed by atoms with van der Waals surface area (Å²) in [5.41, 5.74) is 2.20. The summed E-state index contributed by atoms with van der Waals surface area (Å²) < 4.78 is 22.0. The van der Waals surface area contributed by atoms with E-state index in [1.54, 1.807) is 21.3 Å². The molecular weight excluding hydrogens is 535 g/mol. The van der Waals surface area contributed by atoms with Crippen molar-refractivity contribution in [3.8, 4) is 17.2 Å². The highest BCUT2D eigenvalue weighted by Gasteiger charge is 2.10. The Hall–Kier alpha value is -2.24. The van der Waals surface area contributed by atoms with Crippen LogP contribution >= 0.6 is 24.0 Å². The van der Waals surface area contributed by atoms with Crippen LogP contribution in [0.15, 0.2) is 47.5 Å². The van der Waals surface area contributed by atoms with Crippen LogP contribution in [-0.4, -0.2) is 71.6 Å². The van der Waals surface area contributed by atoms with Crippen LogP contribution in [0.1, 0.15) is 11.1 Å². The van der Waals surface area contributed by atoms with Crippen molar-refractivity contribution in [3.05, 3.63) is 53.6 Å². The number of rotatable bonds is 10. The second-order valence-electron chi connectivity index (χ2n) is 7.42. The number of nitrogens with zero attached hydrogens (tertiary/aromatic N) is 2. The van der Waals surface area contributed by atoms with E-state index in [-0.39, 0.29) is 24.0 Å². The van der Waals surface area contributed by atoms with Gasteiger partial charge in [-0.3, -0.25) is 9.89 Å². The van der Waals surface area contributed by atoms with E-state index in [0.29, 0.717) is 31.2 Å². The van der Waals surface area contributed by atoms with E-state index >= 15 is 0 Å². The molecule has 0 saturated carbocycles. The third-order valence-corrected chi connectivity index (χ3v) is 5.27. The minimum atomic E-state index is 0. The number of benzene rings is 2. The third-order valence-electron chi connectivity index (χ3n) is 5.27. The maximum Gasteiger partial charge on any atom is 0.191 e. The van der Waals surface area contributed by atoms with Crippen LogP contribution in [0.4, 0.5) is 0 Å². The average molecular weight is 570 g/mol. The first-order valence-corrected chi connectivity index (χ1v) is 10.9. The molecule has 0 bridgehead atoms. The Kier molecular flexibility index (Phi) is 12.1. The molecule has 0 unspecified atom stereocenters. The summed E-state index contributed by atoms with van der Waals surface area (Å²) in [5, 5.41) is 6.67. The van der Waals surface area contributed by atoms with Crippen molar-refractivity contribution in [2.75, 3.05) is 60.7 Å². The standard InChI is InChI=1S/C24H34N4O4.HI/c1-25-24(27-18-20-7-8-22(29-2)23(16-20)30-3)26-17-19-5-4-6-21(15-19)32-14-11-28-9-12-31-13-10-28;/h4-8,15-16H,9-14,17-18H2,1-3H3,(H2,25,26,27);1H. The van der Waals surface area contributed by atoms with E-state index in [2.05, 4.69) is 32.7 Å². The average Bonchev–Trinajstić information content (AvgIpc) is 2.85. The van der Waals surface area contributed by atoms with E-state index in [9.17, 15) is 0 Å². The smallest absolute Gasteiger partial charge is 0.191 e. The van der Waals surface area contributed by atoms with Gasteiger partial charge in [0, 0.05) is 39.8 Å². The largest absolute Gasteiger partial charge is 0.493 e. The molecule has 33 heavy (non-hydrogen) atoms. The fourth-order valence-corrected chi connectivity index (χ4v) is 3.45.